The minimum Gasteiger partial charge on any atom is -0.497 e. The van der Waals surface area contributed by atoms with Crippen molar-refractivity contribution < 1.29 is 14.3 Å². The smallest absolute Gasteiger partial charge is 0.254 e. The number of ether oxygens (including phenoxy) is 1. The van der Waals surface area contributed by atoms with Crippen molar-refractivity contribution in [2.75, 3.05) is 32.1 Å². The maximum atomic E-state index is 13.4. The number of aromatic nitrogens is 2. The summed E-state index contributed by atoms with van der Waals surface area (Å²) in [5, 5.41) is 3.26. The van der Waals surface area contributed by atoms with E-state index in [1.54, 1.807) is 14.0 Å². The predicted octanol–water partition coefficient (Wildman–Crippen LogP) is 3.89. The average Bonchev–Trinajstić information content (AvgIpc) is 2.82. The van der Waals surface area contributed by atoms with E-state index in [-0.39, 0.29) is 17.9 Å². The summed E-state index contributed by atoms with van der Waals surface area (Å²) in [7, 11) is 1.62. The molecule has 0 bridgehead atoms. The Bertz CT molecular complexity index is 1180. The summed E-state index contributed by atoms with van der Waals surface area (Å²) in [6.07, 6.45) is 0. The van der Waals surface area contributed by atoms with Crippen molar-refractivity contribution in [3.8, 4) is 5.75 Å². The van der Waals surface area contributed by atoms with E-state index >= 15 is 0 Å². The maximum absolute atomic E-state index is 13.4. The molecule has 0 saturated carbocycles. The largest absolute Gasteiger partial charge is 0.497 e. The van der Waals surface area contributed by atoms with Crippen molar-refractivity contribution in [2.45, 2.75) is 26.8 Å². The van der Waals surface area contributed by atoms with Crippen LogP contribution in [0.5, 0.6) is 5.75 Å². The third kappa shape index (κ3) is 5.17. The Labute approximate surface area is 199 Å². The fourth-order valence-electron chi connectivity index (χ4n) is 4.30. The van der Waals surface area contributed by atoms with E-state index in [0.29, 0.717) is 36.8 Å². The van der Waals surface area contributed by atoms with Crippen LogP contribution in [0.3, 0.4) is 0 Å². The number of aryl methyl sites for hydroxylation is 2. The van der Waals surface area contributed by atoms with E-state index in [4.69, 9.17) is 4.74 Å². The van der Waals surface area contributed by atoms with Crippen molar-refractivity contribution in [2.24, 2.45) is 0 Å². The van der Waals surface area contributed by atoms with E-state index in [1.165, 1.54) is 0 Å². The maximum Gasteiger partial charge on any atom is 0.254 e. The van der Waals surface area contributed by atoms with Gasteiger partial charge >= 0.3 is 0 Å². The Morgan fingerprint density at radius 2 is 1.79 bits per heavy atom. The topological polar surface area (TPSA) is 87.7 Å². The number of hydrogen-bond acceptors (Lipinski definition) is 6. The van der Waals surface area contributed by atoms with E-state index in [9.17, 15) is 9.59 Å². The molecule has 1 fully saturated rings. The van der Waals surface area contributed by atoms with Crippen LogP contribution in [0.2, 0.25) is 0 Å². The Morgan fingerprint density at radius 1 is 1.03 bits per heavy atom. The lowest BCUT2D eigenvalue weighted by atomic mass is 10.0. The van der Waals surface area contributed by atoms with Crippen molar-refractivity contribution in [1.29, 1.82) is 0 Å². The second-order valence-corrected chi connectivity index (χ2v) is 8.40. The van der Waals surface area contributed by atoms with Gasteiger partial charge in [0.2, 0.25) is 5.91 Å². The van der Waals surface area contributed by atoms with Gasteiger partial charge in [-0.05, 0) is 49.7 Å². The predicted molar refractivity (Wildman–Crippen MR) is 130 cm³/mol. The van der Waals surface area contributed by atoms with Gasteiger partial charge in [-0.3, -0.25) is 9.59 Å². The van der Waals surface area contributed by atoms with Gasteiger partial charge in [0.25, 0.3) is 5.91 Å². The molecule has 1 aromatic heterocycles. The van der Waals surface area contributed by atoms with Crippen molar-refractivity contribution in [3.05, 3.63) is 77.2 Å². The molecule has 0 aliphatic carbocycles. The lowest BCUT2D eigenvalue weighted by Gasteiger charge is -2.41. The zero-order chi connectivity index (χ0) is 24.2. The first kappa shape index (κ1) is 23.2. The third-order valence-corrected chi connectivity index (χ3v) is 5.92. The number of amides is 2. The highest BCUT2D eigenvalue weighted by atomic mass is 16.5. The summed E-state index contributed by atoms with van der Waals surface area (Å²) in [5.74, 6) is 2.04. The van der Waals surface area contributed by atoms with Gasteiger partial charge in [0.15, 0.2) is 0 Å². The highest BCUT2D eigenvalue weighted by molar-refractivity contribution is 5.95. The van der Waals surface area contributed by atoms with Crippen LogP contribution in [-0.4, -0.2) is 58.3 Å². The zero-order valence-electron chi connectivity index (χ0n) is 19.9. The number of hydrogen-bond donors (Lipinski definition) is 1. The summed E-state index contributed by atoms with van der Waals surface area (Å²) < 4.78 is 5.26. The Hall–Kier alpha value is -3.94. The standard InChI is InChI=1S/C26H29N5O3/c1-17-14-25(28-18(2)27-17)29-22-7-5-6-21(15-22)26(33)30-12-13-31(19(3)32)24(16-30)20-8-10-23(34-4)11-9-20/h5-11,14-15,24H,12-13,16H2,1-4H3,(H,27,28,29)/t24-/m1/s1. The molecular formula is C26H29N5O3. The molecule has 2 aromatic carbocycles. The molecule has 1 aliphatic rings. The van der Waals surface area contributed by atoms with Crippen LogP contribution in [-0.2, 0) is 4.79 Å². The molecule has 1 aliphatic heterocycles. The van der Waals surface area contributed by atoms with Crippen LogP contribution in [0, 0.1) is 13.8 Å². The number of piperazine rings is 1. The first-order valence-electron chi connectivity index (χ1n) is 11.2. The summed E-state index contributed by atoms with van der Waals surface area (Å²) in [6, 6.07) is 16.7. The van der Waals surface area contributed by atoms with Crippen LogP contribution in [0.15, 0.2) is 54.6 Å². The highest BCUT2D eigenvalue weighted by Gasteiger charge is 2.32. The van der Waals surface area contributed by atoms with Crippen molar-refractivity contribution in [3.63, 3.8) is 0 Å². The molecule has 2 amide bonds. The molecule has 1 atom stereocenters. The molecule has 8 nitrogen and oxygen atoms in total. The number of carbonyl (C=O) groups is 2. The second kappa shape index (κ2) is 9.91. The summed E-state index contributed by atoms with van der Waals surface area (Å²) in [5.41, 5.74) is 3.20. The Morgan fingerprint density at radius 3 is 2.47 bits per heavy atom. The SMILES string of the molecule is COc1ccc([C@H]2CN(C(=O)c3cccc(Nc4cc(C)nc(C)n4)c3)CCN2C(C)=O)cc1. The molecule has 0 radical (unpaired) electrons. The van der Waals surface area contributed by atoms with Crippen molar-refractivity contribution in [1.82, 2.24) is 19.8 Å². The molecule has 4 rings (SSSR count). The lowest BCUT2D eigenvalue weighted by Crippen LogP contribution is -2.51. The number of nitrogens with one attached hydrogen (secondary N) is 1. The van der Waals surface area contributed by atoms with E-state index in [1.807, 2.05) is 78.2 Å². The fourth-order valence-corrected chi connectivity index (χ4v) is 4.30. The van der Waals surface area contributed by atoms with Crippen LogP contribution >= 0.6 is 0 Å². The number of anilines is 2. The molecule has 3 aromatic rings. The van der Waals surface area contributed by atoms with Gasteiger partial charge in [0, 0.05) is 49.6 Å². The molecule has 8 heteroatoms. The number of rotatable bonds is 5. The third-order valence-electron chi connectivity index (χ3n) is 5.92. The van der Waals surface area contributed by atoms with Gasteiger partial charge in [0.05, 0.1) is 13.2 Å². The quantitative estimate of drug-likeness (QED) is 0.623. The van der Waals surface area contributed by atoms with Gasteiger partial charge < -0.3 is 19.9 Å². The molecule has 0 spiro atoms. The minimum absolute atomic E-state index is 0.00504. The number of methoxy groups -OCH3 is 1. The highest BCUT2D eigenvalue weighted by Crippen LogP contribution is 2.28. The van der Waals surface area contributed by atoms with Crippen LogP contribution < -0.4 is 10.1 Å². The fraction of sp³-hybridized carbons (Fsp3) is 0.308. The lowest BCUT2D eigenvalue weighted by molar-refractivity contribution is -0.133. The molecule has 1 saturated heterocycles. The monoisotopic (exact) mass is 459 g/mol. The van der Waals surface area contributed by atoms with Crippen molar-refractivity contribution >= 4 is 23.3 Å². The van der Waals surface area contributed by atoms with Crippen LogP contribution in [0.25, 0.3) is 0 Å². The molecule has 2 heterocycles. The molecule has 34 heavy (non-hydrogen) atoms. The Balaban J connectivity index is 1.54. The zero-order valence-corrected chi connectivity index (χ0v) is 19.9. The summed E-state index contributed by atoms with van der Waals surface area (Å²) in [6.45, 7) is 6.71. The number of benzene rings is 2. The molecule has 0 unspecified atom stereocenters. The van der Waals surface area contributed by atoms with Gasteiger partial charge in [-0.15, -0.1) is 0 Å². The van der Waals surface area contributed by atoms with Gasteiger partial charge in [-0.2, -0.15) is 0 Å². The summed E-state index contributed by atoms with van der Waals surface area (Å²) in [4.78, 5) is 38.1. The first-order valence-corrected chi connectivity index (χ1v) is 11.2. The average molecular weight is 460 g/mol. The normalized spacial score (nSPS) is 15.7. The van der Waals surface area contributed by atoms with Crippen LogP contribution in [0.4, 0.5) is 11.5 Å². The molecular weight excluding hydrogens is 430 g/mol. The first-order chi connectivity index (χ1) is 16.3. The Kier molecular flexibility index (Phi) is 6.77. The van der Waals surface area contributed by atoms with E-state index in [0.717, 1.165) is 22.7 Å². The number of carbonyl (C=O) groups excluding carboxylic acids is 2. The van der Waals surface area contributed by atoms with Gasteiger partial charge in [-0.1, -0.05) is 18.2 Å². The summed E-state index contributed by atoms with van der Waals surface area (Å²) >= 11 is 0. The second-order valence-electron chi connectivity index (χ2n) is 8.40. The minimum atomic E-state index is -0.214. The van der Waals surface area contributed by atoms with Gasteiger partial charge in [-0.25, -0.2) is 9.97 Å². The van der Waals surface area contributed by atoms with E-state index < -0.39 is 0 Å². The molecule has 1 N–H and O–H groups in total. The van der Waals surface area contributed by atoms with Crippen LogP contribution in [0.1, 0.15) is 40.4 Å². The molecule has 176 valence electrons. The van der Waals surface area contributed by atoms with E-state index in [2.05, 4.69) is 15.3 Å². The number of nitrogens with zero attached hydrogens (tertiary/aromatic N) is 4. The van der Waals surface area contributed by atoms with Gasteiger partial charge in [0.1, 0.15) is 17.4 Å².